The second-order valence-corrected chi connectivity index (χ2v) is 6.26. The molecule has 2 aromatic rings. The van der Waals surface area contributed by atoms with Gasteiger partial charge in [0.15, 0.2) is 0 Å². The molecule has 0 aliphatic carbocycles. The highest BCUT2D eigenvalue weighted by atomic mass is 35.5. The van der Waals surface area contributed by atoms with E-state index >= 15 is 0 Å². The van der Waals surface area contributed by atoms with Crippen LogP contribution in [0.5, 0.6) is 0 Å². The van der Waals surface area contributed by atoms with Crippen molar-refractivity contribution in [2.24, 2.45) is 0 Å². The second kappa shape index (κ2) is 8.53. The molecule has 0 aliphatic rings. The van der Waals surface area contributed by atoms with Gasteiger partial charge in [-0.15, -0.1) is 0 Å². The van der Waals surface area contributed by atoms with Crippen molar-refractivity contribution >= 4 is 29.2 Å². The van der Waals surface area contributed by atoms with Gasteiger partial charge in [0.05, 0.1) is 6.04 Å². The van der Waals surface area contributed by atoms with Crippen LogP contribution in [0.3, 0.4) is 0 Å². The maximum atomic E-state index is 12.4. The Morgan fingerprint density at radius 1 is 1.16 bits per heavy atom. The largest absolute Gasteiger partial charge is 0.334 e. The molecule has 0 radical (unpaired) electrons. The van der Waals surface area contributed by atoms with Crippen molar-refractivity contribution in [2.45, 2.75) is 26.4 Å². The number of nitrogens with zero attached hydrogens (tertiary/aromatic N) is 1. The normalized spacial score (nSPS) is 11.5. The number of anilines is 1. The summed E-state index contributed by atoms with van der Waals surface area (Å²) in [5, 5.41) is 6.24. The van der Waals surface area contributed by atoms with E-state index < -0.39 is 0 Å². The zero-order valence-corrected chi connectivity index (χ0v) is 15.3. The zero-order chi connectivity index (χ0) is 18.4. The van der Waals surface area contributed by atoms with Crippen LogP contribution >= 0.6 is 11.6 Å². The molecule has 2 rings (SSSR count). The van der Waals surface area contributed by atoms with Gasteiger partial charge in [-0.2, -0.15) is 0 Å². The number of amides is 3. The van der Waals surface area contributed by atoms with Crippen molar-refractivity contribution in [1.29, 1.82) is 0 Å². The van der Waals surface area contributed by atoms with Crippen LogP contribution in [0.15, 0.2) is 48.5 Å². The van der Waals surface area contributed by atoms with Crippen LogP contribution in [-0.4, -0.2) is 23.9 Å². The molecule has 3 amide bonds. The lowest BCUT2D eigenvalue weighted by atomic mass is 10.1. The van der Waals surface area contributed by atoms with Crippen LogP contribution in [0, 0.1) is 0 Å². The Morgan fingerprint density at radius 2 is 1.88 bits per heavy atom. The van der Waals surface area contributed by atoms with Gasteiger partial charge >= 0.3 is 6.03 Å². The van der Waals surface area contributed by atoms with E-state index in [1.54, 1.807) is 18.0 Å². The third-order valence-electron chi connectivity index (χ3n) is 3.95. The van der Waals surface area contributed by atoms with Gasteiger partial charge in [0, 0.05) is 31.2 Å². The van der Waals surface area contributed by atoms with E-state index in [1.807, 2.05) is 49.4 Å². The molecule has 0 aliphatic heterocycles. The van der Waals surface area contributed by atoms with E-state index in [9.17, 15) is 9.59 Å². The second-order valence-electron chi connectivity index (χ2n) is 5.85. The molecule has 0 heterocycles. The van der Waals surface area contributed by atoms with E-state index in [1.165, 1.54) is 6.92 Å². The molecule has 0 aromatic heterocycles. The van der Waals surface area contributed by atoms with Crippen molar-refractivity contribution in [2.75, 3.05) is 12.4 Å². The lowest BCUT2D eigenvalue weighted by molar-refractivity contribution is -0.114. The standard InChI is InChI=1S/C19H22ClN3O2/c1-13(17-9-4-5-10-18(17)20)23(3)19(25)21-12-15-7-6-8-16(11-15)22-14(2)24/h4-11,13H,12H2,1-3H3,(H,21,25)(H,22,24)/t13-/m0/s1. The first-order chi connectivity index (χ1) is 11.9. The van der Waals surface area contributed by atoms with Gasteiger partial charge in [0.25, 0.3) is 0 Å². The molecule has 6 heteroatoms. The Kier molecular flexibility index (Phi) is 6.42. The summed E-state index contributed by atoms with van der Waals surface area (Å²) in [6.07, 6.45) is 0. The number of rotatable bonds is 5. The topological polar surface area (TPSA) is 61.4 Å². The van der Waals surface area contributed by atoms with Crippen molar-refractivity contribution in [3.8, 4) is 0 Å². The highest BCUT2D eigenvalue weighted by Crippen LogP contribution is 2.26. The SMILES string of the molecule is CC(=O)Nc1cccc(CNC(=O)N(C)[C@@H](C)c2ccccc2Cl)c1. The third-order valence-corrected chi connectivity index (χ3v) is 4.29. The molecule has 0 spiro atoms. The molecule has 2 aromatic carbocycles. The summed E-state index contributed by atoms with van der Waals surface area (Å²) in [5.74, 6) is -0.130. The molecule has 2 N–H and O–H groups in total. The van der Waals surface area contributed by atoms with Crippen LogP contribution in [0.1, 0.15) is 31.0 Å². The summed E-state index contributed by atoms with van der Waals surface area (Å²) in [5.41, 5.74) is 2.50. The quantitative estimate of drug-likeness (QED) is 0.840. The number of carbonyl (C=O) groups excluding carboxylic acids is 2. The average Bonchev–Trinajstić information content (AvgIpc) is 2.58. The third kappa shape index (κ3) is 5.22. The van der Waals surface area contributed by atoms with Crippen LogP contribution in [0.2, 0.25) is 5.02 Å². The molecule has 5 nitrogen and oxygen atoms in total. The zero-order valence-electron chi connectivity index (χ0n) is 14.5. The predicted molar refractivity (Wildman–Crippen MR) is 101 cm³/mol. The van der Waals surface area contributed by atoms with Crippen LogP contribution in [-0.2, 0) is 11.3 Å². The van der Waals surface area contributed by atoms with E-state index in [0.29, 0.717) is 17.3 Å². The fourth-order valence-corrected chi connectivity index (χ4v) is 2.76. The number of urea groups is 1. The summed E-state index contributed by atoms with van der Waals surface area (Å²) in [6.45, 7) is 3.75. The van der Waals surface area contributed by atoms with Gasteiger partial charge in [-0.1, -0.05) is 41.9 Å². The van der Waals surface area contributed by atoms with Gasteiger partial charge in [-0.25, -0.2) is 4.79 Å². The smallest absolute Gasteiger partial charge is 0.317 e. The van der Waals surface area contributed by atoms with E-state index in [4.69, 9.17) is 11.6 Å². The summed E-state index contributed by atoms with van der Waals surface area (Å²) >= 11 is 6.21. The average molecular weight is 360 g/mol. The molecule has 132 valence electrons. The van der Waals surface area contributed by atoms with Crippen molar-refractivity contribution < 1.29 is 9.59 Å². The van der Waals surface area contributed by atoms with Gasteiger partial charge in [-0.05, 0) is 36.2 Å². The van der Waals surface area contributed by atoms with Gasteiger partial charge < -0.3 is 15.5 Å². The molecular formula is C19H22ClN3O2. The molecule has 0 bridgehead atoms. The minimum Gasteiger partial charge on any atom is -0.334 e. The highest BCUT2D eigenvalue weighted by molar-refractivity contribution is 6.31. The molecule has 0 saturated carbocycles. The Hall–Kier alpha value is -2.53. The Labute approximate surface area is 153 Å². The van der Waals surface area contributed by atoms with Gasteiger partial charge in [-0.3, -0.25) is 4.79 Å². The monoisotopic (exact) mass is 359 g/mol. The predicted octanol–water partition coefficient (Wildman–Crippen LogP) is 4.20. The number of hydrogen-bond donors (Lipinski definition) is 2. The number of carbonyl (C=O) groups is 2. The van der Waals surface area contributed by atoms with Crippen LogP contribution in [0.25, 0.3) is 0 Å². The minimum absolute atomic E-state index is 0.130. The summed E-state index contributed by atoms with van der Waals surface area (Å²) in [4.78, 5) is 25.1. The number of halogens is 1. The van der Waals surface area contributed by atoms with Crippen molar-refractivity contribution in [1.82, 2.24) is 10.2 Å². The van der Waals surface area contributed by atoms with Gasteiger partial charge in [0.1, 0.15) is 0 Å². The molecule has 1 atom stereocenters. The molecule has 0 fully saturated rings. The molecule has 0 unspecified atom stereocenters. The number of nitrogens with one attached hydrogen (secondary N) is 2. The highest BCUT2D eigenvalue weighted by Gasteiger charge is 2.18. The lowest BCUT2D eigenvalue weighted by Gasteiger charge is -2.26. The lowest BCUT2D eigenvalue weighted by Crippen LogP contribution is -2.38. The Balaban J connectivity index is 1.98. The number of hydrogen-bond acceptors (Lipinski definition) is 2. The van der Waals surface area contributed by atoms with Gasteiger partial charge in [0.2, 0.25) is 5.91 Å². The summed E-state index contributed by atoms with van der Waals surface area (Å²) in [6, 6.07) is 14.5. The van der Waals surface area contributed by atoms with Crippen molar-refractivity contribution in [3.05, 3.63) is 64.7 Å². The Bertz CT molecular complexity index is 764. The first-order valence-electron chi connectivity index (χ1n) is 8.00. The van der Waals surface area contributed by atoms with Crippen molar-refractivity contribution in [3.63, 3.8) is 0 Å². The maximum absolute atomic E-state index is 12.4. The molecule has 25 heavy (non-hydrogen) atoms. The first-order valence-corrected chi connectivity index (χ1v) is 8.38. The van der Waals surface area contributed by atoms with Crippen LogP contribution in [0.4, 0.5) is 10.5 Å². The summed E-state index contributed by atoms with van der Waals surface area (Å²) < 4.78 is 0. The molecular weight excluding hydrogens is 338 g/mol. The fourth-order valence-electron chi connectivity index (χ4n) is 2.46. The summed E-state index contributed by atoms with van der Waals surface area (Å²) in [7, 11) is 1.73. The number of benzene rings is 2. The maximum Gasteiger partial charge on any atom is 0.317 e. The van der Waals surface area contributed by atoms with Crippen LogP contribution < -0.4 is 10.6 Å². The van der Waals surface area contributed by atoms with E-state index in [2.05, 4.69) is 10.6 Å². The Morgan fingerprint density at radius 3 is 2.56 bits per heavy atom. The first kappa shape index (κ1) is 18.8. The van der Waals surface area contributed by atoms with E-state index in [0.717, 1.165) is 11.1 Å². The molecule has 0 saturated heterocycles. The minimum atomic E-state index is -0.197. The van der Waals surface area contributed by atoms with E-state index in [-0.39, 0.29) is 18.0 Å². The fraction of sp³-hybridized carbons (Fsp3) is 0.263.